The Morgan fingerprint density at radius 3 is 2.82 bits per heavy atom. The number of thiophene rings is 1. The maximum Gasteiger partial charge on any atom is 0.246 e. The van der Waals surface area contributed by atoms with Crippen molar-refractivity contribution in [2.24, 2.45) is 0 Å². The summed E-state index contributed by atoms with van der Waals surface area (Å²) in [6.07, 6.45) is 12.0. The third-order valence-electron chi connectivity index (χ3n) is 5.62. The number of amides is 1. The van der Waals surface area contributed by atoms with Gasteiger partial charge in [-0.1, -0.05) is 6.07 Å². The number of carbonyl (C=O) groups is 1. The van der Waals surface area contributed by atoms with Gasteiger partial charge < -0.3 is 9.80 Å². The molecule has 3 aromatic heterocycles. The van der Waals surface area contributed by atoms with Crippen LogP contribution in [-0.2, 0) is 17.6 Å². The second-order valence-electron chi connectivity index (χ2n) is 7.34. The summed E-state index contributed by atoms with van der Waals surface area (Å²) < 4.78 is 2.00. The van der Waals surface area contributed by atoms with Crippen LogP contribution in [0.25, 0.3) is 11.6 Å². The molecule has 7 heteroatoms. The van der Waals surface area contributed by atoms with Gasteiger partial charge in [0.25, 0.3) is 0 Å². The zero-order valence-electron chi connectivity index (χ0n) is 15.8. The molecule has 1 saturated heterocycles. The first-order chi connectivity index (χ1) is 13.8. The first-order valence-electron chi connectivity index (χ1n) is 9.90. The summed E-state index contributed by atoms with van der Waals surface area (Å²) in [6, 6.07) is 4.02. The van der Waals surface area contributed by atoms with E-state index < -0.39 is 0 Å². The van der Waals surface area contributed by atoms with Gasteiger partial charge in [-0.25, -0.2) is 9.50 Å². The minimum absolute atomic E-state index is 0.0842. The molecular weight excluding hydrogens is 370 g/mol. The molecule has 1 aliphatic heterocycles. The largest absolute Gasteiger partial charge is 0.351 e. The van der Waals surface area contributed by atoms with Crippen molar-refractivity contribution in [2.75, 3.05) is 31.1 Å². The van der Waals surface area contributed by atoms with Gasteiger partial charge >= 0.3 is 0 Å². The van der Waals surface area contributed by atoms with Crippen LogP contribution in [0.3, 0.4) is 0 Å². The van der Waals surface area contributed by atoms with Crippen molar-refractivity contribution in [1.29, 1.82) is 0 Å². The Morgan fingerprint density at radius 2 is 2.00 bits per heavy atom. The SMILES string of the molecule is O=C(C=Cc1cccs1)N1CCN(c2nccn3nc4c(c23)CCCC4)CC1. The van der Waals surface area contributed by atoms with Crippen LogP contribution in [-0.4, -0.2) is 51.6 Å². The Kier molecular flexibility index (Phi) is 4.60. The van der Waals surface area contributed by atoms with Gasteiger partial charge in [-0.15, -0.1) is 11.3 Å². The molecule has 0 spiro atoms. The van der Waals surface area contributed by atoms with Crippen molar-refractivity contribution in [3.8, 4) is 0 Å². The highest BCUT2D eigenvalue weighted by Gasteiger charge is 2.25. The van der Waals surface area contributed by atoms with Gasteiger partial charge in [0.2, 0.25) is 5.91 Å². The van der Waals surface area contributed by atoms with E-state index in [9.17, 15) is 4.79 Å². The second-order valence-corrected chi connectivity index (χ2v) is 8.32. The second kappa shape index (κ2) is 7.39. The molecule has 0 radical (unpaired) electrons. The molecule has 0 aromatic carbocycles. The predicted octanol–water partition coefficient (Wildman–Crippen LogP) is 3.03. The van der Waals surface area contributed by atoms with Crippen LogP contribution >= 0.6 is 11.3 Å². The van der Waals surface area contributed by atoms with Crippen LogP contribution in [0.2, 0.25) is 0 Å². The highest BCUT2D eigenvalue weighted by molar-refractivity contribution is 7.10. The van der Waals surface area contributed by atoms with Gasteiger partial charge in [-0.05, 0) is 43.2 Å². The summed E-state index contributed by atoms with van der Waals surface area (Å²) in [7, 11) is 0. The Bertz CT molecular complexity index is 1020. The van der Waals surface area contributed by atoms with E-state index in [-0.39, 0.29) is 5.91 Å². The van der Waals surface area contributed by atoms with Crippen LogP contribution in [0.1, 0.15) is 29.0 Å². The first kappa shape index (κ1) is 17.4. The lowest BCUT2D eigenvalue weighted by Crippen LogP contribution is -2.48. The van der Waals surface area contributed by atoms with E-state index in [1.165, 1.54) is 24.1 Å². The molecule has 144 valence electrons. The summed E-state index contributed by atoms with van der Waals surface area (Å²) in [5.41, 5.74) is 3.76. The molecule has 1 amide bonds. The third-order valence-corrected chi connectivity index (χ3v) is 6.46. The molecule has 1 aliphatic carbocycles. The van der Waals surface area contributed by atoms with Crippen LogP contribution in [0.15, 0.2) is 36.0 Å². The van der Waals surface area contributed by atoms with Crippen LogP contribution in [0.4, 0.5) is 5.82 Å². The van der Waals surface area contributed by atoms with E-state index in [1.54, 1.807) is 17.4 Å². The number of anilines is 1. The van der Waals surface area contributed by atoms with Crippen LogP contribution in [0.5, 0.6) is 0 Å². The third kappa shape index (κ3) is 3.20. The Hall–Kier alpha value is -2.67. The lowest BCUT2D eigenvalue weighted by Gasteiger charge is -2.35. The number of nitrogens with zero attached hydrogens (tertiary/aromatic N) is 5. The summed E-state index contributed by atoms with van der Waals surface area (Å²) in [5, 5.41) is 6.80. The predicted molar refractivity (Wildman–Crippen MR) is 112 cm³/mol. The molecule has 6 nitrogen and oxygen atoms in total. The standard InChI is InChI=1S/C21H23N5OS/c27-19(8-7-16-4-3-15-28-16)24-11-13-25(14-12-24)21-20-17-5-1-2-6-18(17)23-26(20)10-9-22-21/h3-4,7-10,15H,1-2,5-6,11-14H2. The molecule has 0 saturated carbocycles. The van der Waals surface area contributed by atoms with Gasteiger partial charge in [0.15, 0.2) is 5.82 Å². The number of aromatic nitrogens is 3. The number of aryl methyl sites for hydroxylation is 2. The fourth-order valence-electron chi connectivity index (χ4n) is 4.16. The van der Waals surface area contributed by atoms with Crippen molar-refractivity contribution < 1.29 is 4.79 Å². The molecular formula is C21H23N5OS. The molecule has 3 aromatic rings. The number of carbonyl (C=O) groups excluding carboxylic acids is 1. The monoisotopic (exact) mass is 393 g/mol. The van der Waals surface area contributed by atoms with Gasteiger partial charge in [-0.2, -0.15) is 5.10 Å². The summed E-state index contributed by atoms with van der Waals surface area (Å²) >= 11 is 1.64. The lowest BCUT2D eigenvalue weighted by molar-refractivity contribution is -0.126. The van der Waals surface area contributed by atoms with Crippen molar-refractivity contribution in [3.63, 3.8) is 0 Å². The molecule has 5 rings (SSSR count). The molecule has 2 aliphatic rings. The fraction of sp³-hybridized carbons (Fsp3) is 0.381. The average Bonchev–Trinajstić information content (AvgIpc) is 3.39. The molecule has 0 unspecified atom stereocenters. The van der Waals surface area contributed by atoms with Gasteiger partial charge in [0, 0.05) is 55.1 Å². The van der Waals surface area contributed by atoms with E-state index >= 15 is 0 Å². The van der Waals surface area contributed by atoms with E-state index in [0.29, 0.717) is 13.1 Å². The quantitative estimate of drug-likeness (QED) is 0.642. The molecule has 1 fully saturated rings. The van der Waals surface area contributed by atoms with E-state index in [2.05, 4.69) is 4.90 Å². The van der Waals surface area contributed by atoms with Gasteiger partial charge in [0.05, 0.1) is 5.69 Å². The minimum atomic E-state index is 0.0842. The lowest BCUT2D eigenvalue weighted by atomic mass is 9.97. The summed E-state index contributed by atoms with van der Waals surface area (Å²) in [4.78, 5) is 22.5. The first-order valence-corrected chi connectivity index (χ1v) is 10.8. The molecule has 0 N–H and O–H groups in total. The fourth-order valence-corrected chi connectivity index (χ4v) is 4.78. The Morgan fingerprint density at radius 1 is 1.14 bits per heavy atom. The van der Waals surface area contributed by atoms with Gasteiger partial charge in [0.1, 0.15) is 5.52 Å². The molecule has 28 heavy (non-hydrogen) atoms. The Labute approximate surface area is 168 Å². The van der Waals surface area contributed by atoms with E-state index in [0.717, 1.165) is 42.1 Å². The molecule has 0 bridgehead atoms. The van der Waals surface area contributed by atoms with Gasteiger partial charge in [-0.3, -0.25) is 4.79 Å². The molecule has 4 heterocycles. The van der Waals surface area contributed by atoms with Crippen molar-refractivity contribution in [1.82, 2.24) is 19.5 Å². The minimum Gasteiger partial charge on any atom is -0.351 e. The van der Waals surface area contributed by atoms with Crippen molar-refractivity contribution in [2.45, 2.75) is 25.7 Å². The number of hydrogen-bond acceptors (Lipinski definition) is 5. The van der Waals surface area contributed by atoms with Crippen molar-refractivity contribution >= 4 is 34.7 Å². The average molecular weight is 394 g/mol. The topological polar surface area (TPSA) is 53.7 Å². The van der Waals surface area contributed by atoms with Crippen molar-refractivity contribution in [3.05, 3.63) is 52.1 Å². The van der Waals surface area contributed by atoms with E-state index in [4.69, 9.17) is 10.1 Å². The highest BCUT2D eigenvalue weighted by atomic mass is 32.1. The maximum absolute atomic E-state index is 12.5. The zero-order valence-corrected chi connectivity index (χ0v) is 16.6. The van der Waals surface area contributed by atoms with E-state index in [1.807, 2.05) is 45.4 Å². The summed E-state index contributed by atoms with van der Waals surface area (Å²) in [6.45, 7) is 3.02. The highest BCUT2D eigenvalue weighted by Crippen LogP contribution is 2.30. The smallest absolute Gasteiger partial charge is 0.246 e. The number of fused-ring (bicyclic) bond motifs is 3. The zero-order chi connectivity index (χ0) is 18.9. The molecule has 0 atom stereocenters. The normalized spacial score (nSPS) is 17.4. The number of hydrogen-bond donors (Lipinski definition) is 0. The van der Waals surface area contributed by atoms with Crippen LogP contribution in [0, 0.1) is 0 Å². The van der Waals surface area contributed by atoms with Crippen LogP contribution < -0.4 is 4.90 Å². The number of piperazine rings is 1. The number of rotatable bonds is 3. The Balaban J connectivity index is 1.32. The summed E-state index contributed by atoms with van der Waals surface area (Å²) in [5.74, 6) is 1.10. The maximum atomic E-state index is 12.5.